The van der Waals surface area contributed by atoms with Crippen LogP contribution in [0.25, 0.3) is 0 Å². The molecular formula is C10H12Cl3O3P. The molecule has 1 aromatic carbocycles. The summed E-state index contributed by atoms with van der Waals surface area (Å²) < 4.78 is 22.6. The van der Waals surface area contributed by atoms with Crippen molar-refractivity contribution < 1.29 is 13.6 Å². The van der Waals surface area contributed by atoms with Gasteiger partial charge < -0.3 is 9.05 Å². The average molecular weight is 318 g/mol. The van der Waals surface area contributed by atoms with Crippen molar-refractivity contribution in [2.24, 2.45) is 0 Å². The first kappa shape index (κ1) is 15.1. The van der Waals surface area contributed by atoms with E-state index in [9.17, 15) is 4.57 Å². The third kappa shape index (κ3) is 4.69. The predicted molar refractivity (Wildman–Crippen MR) is 71.9 cm³/mol. The second-order valence-corrected chi connectivity index (χ2v) is 6.44. The Labute approximate surface area is 115 Å². The normalized spacial score (nSPS) is 14.4. The van der Waals surface area contributed by atoms with Crippen LogP contribution in [0, 0.1) is 0 Å². The maximum absolute atomic E-state index is 12.2. The van der Waals surface area contributed by atoms with Gasteiger partial charge in [0.25, 0.3) is 0 Å². The summed E-state index contributed by atoms with van der Waals surface area (Å²) in [5.74, 6) is 0.459. The Hall–Kier alpha value is 0.0800. The topological polar surface area (TPSA) is 35.5 Å². The van der Waals surface area contributed by atoms with Crippen LogP contribution in [0.1, 0.15) is 6.92 Å². The van der Waals surface area contributed by atoms with Crippen LogP contribution >= 0.6 is 42.4 Å². The Morgan fingerprint density at radius 3 is 2.59 bits per heavy atom. The first-order valence-corrected chi connectivity index (χ1v) is 7.97. The molecule has 0 saturated heterocycles. The Morgan fingerprint density at radius 1 is 1.35 bits per heavy atom. The minimum atomic E-state index is -3.24. The summed E-state index contributed by atoms with van der Waals surface area (Å²) in [6.45, 7) is 2.01. The average Bonchev–Trinajstić information content (AvgIpc) is 2.23. The molecule has 0 amide bonds. The van der Waals surface area contributed by atoms with E-state index in [1.807, 2.05) is 0 Å². The molecule has 17 heavy (non-hydrogen) atoms. The number of hydrogen-bond donors (Lipinski definition) is 0. The zero-order valence-electron chi connectivity index (χ0n) is 9.16. The first-order valence-electron chi connectivity index (χ1n) is 4.95. The molecule has 7 heteroatoms. The Balaban J connectivity index is 2.89. The summed E-state index contributed by atoms with van der Waals surface area (Å²) in [5, 5.41) is 0.762. The van der Waals surface area contributed by atoms with Gasteiger partial charge in [0.15, 0.2) is 0 Å². The van der Waals surface area contributed by atoms with E-state index in [1.54, 1.807) is 19.1 Å². The lowest BCUT2D eigenvalue weighted by Crippen LogP contribution is -2.03. The van der Waals surface area contributed by atoms with Crippen molar-refractivity contribution in [1.29, 1.82) is 0 Å². The van der Waals surface area contributed by atoms with Crippen molar-refractivity contribution >= 4 is 42.4 Å². The van der Waals surface area contributed by atoms with Crippen LogP contribution in [0.15, 0.2) is 18.2 Å². The quantitative estimate of drug-likeness (QED) is 0.556. The van der Waals surface area contributed by atoms with Crippen molar-refractivity contribution in [2.45, 2.75) is 6.92 Å². The summed E-state index contributed by atoms with van der Waals surface area (Å²) in [6, 6.07) is 4.65. The van der Waals surface area contributed by atoms with Gasteiger partial charge in [0, 0.05) is 10.9 Å². The van der Waals surface area contributed by atoms with Crippen LogP contribution in [0.4, 0.5) is 0 Å². The van der Waals surface area contributed by atoms with Gasteiger partial charge in [-0.3, -0.25) is 0 Å². The van der Waals surface area contributed by atoms with Gasteiger partial charge in [0.1, 0.15) is 5.75 Å². The molecule has 0 aliphatic rings. The molecule has 3 nitrogen and oxygen atoms in total. The summed E-state index contributed by atoms with van der Waals surface area (Å²) in [6.07, 6.45) is 0.126. The van der Waals surface area contributed by atoms with E-state index in [2.05, 4.69) is 0 Å². The fourth-order valence-electron chi connectivity index (χ4n) is 1.14. The van der Waals surface area contributed by atoms with Crippen LogP contribution in [0.3, 0.4) is 0 Å². The number of benzene rings is 1. The molecule has 1 aromatic rings. The maximum atomic E-state index is 12.2. The molecule has 0 spiro atoms. The summed E-state index contributed by atoms with van der Waals surface area (Å²) >= 11 is 17.2. The third-order valence-electron chi connectivity index (χ3n) is 1.82. The lowest BCUT2D eigenvalue weighted by molar-refractivity contribution is 0.280. The SMILES string of the molecule is CCOP(=O)(CCCl)Oc1ccc(Cl)cc1Cl. The van der Waals surface area contributed by atoms with Crippen molar-refractivity contribution in [3.8, 4) is 5.75 Å². The van der Waals surface area contributed by atoms with Gasteiger partial charge in [-0.25, -0.2) is 4.57 Å². The number of halogens is 3. The van der Waals surface area contributed by atoms with E-state index in [0.29, 0.717) is 5.02 Å². The third-order valence-corrected chi connectivity index (χ3v) is 4.70. The van der Waals surface area contributed by atoms with Gasteiger partial charge in [0.2, 0.25) is 0 Å². The molecule has 1 rings (SSSR count). The second-order valence-electron chi connectivity index (χ2n) is 3.11. The van der Waals surface area contributed by atoms with Crippen molar-refractivity contribution in [3.05, 3.63) is 28.2 Å². The molecule has 96 valence electrons. The monoisotopic (exact) mass is 316 g/mol. The Kier molecular flexibility index (Phi) is 6.11. The van der Waals surface area contributed by atoms with Gasteiger partial charge in [0.05, 0.1) is 17.8 Å². The van der Waals surface area contributed by atoms with Crippen LogP contribution in [0.2, 0.25) is 10.0 Å². The molecule has 0 aromatic heterocycles. The van der Waals surface area contributed by atoms with E-state index < -0.39 is 7.60 Å². The fourth-order valence-corrected chi connectivity index (χ4v) is 3.59. The Morgan fingerprint density at radius 2 is 2.06 bits per heavy atom. The molecular weight excluding hydrogens is 305 g/mol. The highest BCUT2D eigenvalue weighted by Gasteiger charge is 2.25. The first-order chi connectivity index (χ1) is 8.00. The summed E-state index contributed by atoms with van der Waals surface area (Å²) in [5.41, 5.74) is 0. The smallest absolute Gasteiger partial charge is 0.380 e. The van der Waals surface area contributed by atoms with Crippen LogP contribution in [0.5, 0.6) is 5.75 Å². The molecule has 0 heterocycles. The minimum Gasteiger partial charge on any atom is -0.423 e. The van der Waals surface area contributed by atoms with E-state index in [1.165, 1.54) is 6.07 Å². The molecule has 1 unspecified atom stereocenters. The van der Waals surface area contributed by atoms with E-state index in [-0.39, 0.29) is 29.4 Å². The van der Waals surface area contributed by atoms with Crippen molar-refractivity contribution in [2.75, 3.05) is 18.6 Å². The van der Waals surface area contributed by atoms with E-state index in [0.717, 1.165) is 0 Å². The predicted octanol–water partition coefficient (Wildman–Crippen LogP) is 4.84. The molecule has 0 bridgehead atoms. The molecule has 0 aliphatic carbocycles. The minimum absolute atomic E-state index is 0.126. The number of rotatable bonds is 6. The van der Waals surface area contributed by atoms with Crippen LogP contribution in [-0.4, -0.2) is 18.6 Å². The zero-order valence-corrected chi connectivity index (χ0v) is 12.3. The molecule has 1 atom stereocenters. The van der Waals surface area contributed by atoms with Crippen LogP contribution in [-0.2, 0) is 9.09 Å². The lowest BCUT2D eigenvalue weighted by atomic mass is 10.3. The lowest BCUT2D eigenvalue weighted by Gasteiger charge is -2.18. The number of alkyl halides is 1. The van der Waals surface area contributed by atoms with Crippen molar-refractivity contribution in [3.63, 3.8) is 0 Å². The van der Waals surface area contributed by atoms with Crippen LogP contribution < -0.4 is 4.52 Å². The summed E-state index contributed by atoms with van der Waals surface area (Å²) in [7, 11) is -3.24. The molecule has 0 N–H and O–H groups in total. The molecule has 0 fully saturated rings. The van der Waals surface area contributed by atoms with Gasteiger partial charge in [-0.2, -0.15) is 0 Å². The van der Waals surface area contributed by atoms with E-state index in [4.69, 9.17) is 43.9 Å². The standard InChI is InChI=1S/C10H12Cl3O3P/c1-2-15-17(14,6-5-11)16-10-4-3-8(12)7-9(10)13/h3-4,7H,2,5-6H2,1H3. The fraction of sp³-hybridized carbons (Fsp3) is 0.400. The summed E-state index contributed by atoms with van der Waals surface area (Å²) in [4.78, 5) is 0. The highest BCUT2D eigenvalue weighted by atomic mass is 35.5. The highest BCUT2D eigenvalue weighted by molar-refractivity contribution is 7.54. The largest absolute Gasteiger partial charge is 0.423 e. The van der Waals surface area contributed by atoms with Crippen molar-refractivity contribution in [1.82, 2.24) is 0 Å². The van der Waals surface area contributed by atoms with Gasteiger partial charge in [-0.1, -0.05) is 23.2 Å². The van der Waals surface area contributed by atoms with Gasteiger partial charge in [-0.05, 0) is 25.1 Å². The zero-order chi connectivity index (χ0) is 12.9. The van der Waals surface area contributed by atoms with Gasteiger partial charge in [-0.15, -0.1) is 11.6 Å². The molecule has 0 radical (unpaired) electrons. The molecule has 0 saturated carbocycles. The maximum Gasteiger partial charge on any atom is 0.380 e. The Bertz CT molecular complexity index is 415. The van der Waals surface area contributed by atoms with Gasteiger partial charge >= 0.3 is 7.60 Å². The number of hydrogen-bond acceptors (Lipinski definition) is 3. The molecule has 0 aliphatic heterocycles. The van der Waals surface area contributed by atoms with E-state index >= 15 is 0 Å². The highest BCUT2D eigenvalue weighted by Crippen LogP contribution is 2.49. The second kappa shape index (κ2) is 6.86.